The van der Waals surface area contributed by atoms with Crippen LogP contribution < -0.4 is 5.32 Å². The summed E-state index contributed by atoms with van der Waals surface area (Å²) in [6, 6.07) is 7.03. The third kappa shape index (κ3) is 3.01. The number of halogens is 1. The number of benzene rings is 1. The van der Waals surface area contributed by atoms with Gasteiger partial charge in [-0.05, 0) is 43.6 Å². The molecule has 4 heteroatoms. The molecule has 0 saturated carbocycles. The first-order chi connectivity index (χ1) is 8.83. The van der Waals surface area contributed by atoms with Crippen LogP contribution in [-0.4, -0.2) is 22.9 Å². The normalized spacial score (nSPS) is 16.1. The molecule has 0 radical (unpaired) electrons. The summed E-state index contributed by atoms with van der Waals surface area (Å²) in [5.74, 6) is -0.204. The van der Waals surface area contributed by atoms with Crippen molar-refractivity contribution in [3.05, 3.63) is 42.5 Å². The minimum Gasteiger partial charge on any atom is -0.317 e. The molecule has 0 spiro atoms. The zero-order valence-electron chi connectivity index (χ0n) is 10.1. The highest BCUT2D eigenvalue weighted by molar-refractivity contribution is 5.61. The van der Waals surface area contributed by atoms with Crippen LogP contribution >= 0.6 is 0 Å². The highest BCUT2D eigenvalue weighted by Gasteiger charge is 2.15. The van der Waals surface area contributed by atoms with Crippen molar-refractivity contribution in [1.82, 2.24) is 15.1 Å². The van der Waals surface area contributed by atoms with Gasteiger partial charge in [-0.3, -0.25) is 4.68 Å². The molecule has 0 atom stereocenters. The van der Waals surface area contributed by atoms with Gasteiger partial charge in [0, 0.05) is 11.8 Å². The Bertz CT molecular complexity index is 512. The molecule has 1 saturated heterocycles. The lowest BCUT2D eigenvalue weighted by Gasteiger charge is -2.22. The summed E-state index contributed by atoms with van der Waals surface area (Å²) >= 11 is 0. The fourth-order valence-electron chi connectivity index (χ4n) is 2.40. The predicted octanol–water partition coefficient (Wildman–Crippen LogP) is 3.25. The standard InChI is InChI=1S/C14H16FN3.CH4/c15-13-3-1-11(2-4-13)12-9-17-18(10-12)14-5-7-16-8-6-14;/h1-4,9-10,14,16H,5-8H2;1H4. The molecule has 1 aromatic carbocycles. The number of nitrogens with zero attached hydrogens (tertiary/aromatic N) is 2. The van der Waals surface area contributed by atoms with E-state index in [9.17, 15) is 4.39 Å². The number of aromatic nitrogens is 2. The number of nitrogens with one attached hydrogen (secondary N) is 1. The van der Waals surface area contributed by atoms with Crippen LogP contribution in [0.1, 0.15) is 26.3 Å². The average Bonchev–Trinajstić information content (AvgIpc) is 2.90. The van der Waals surface area contributed by atoms with Crippen molar-refractivity contribution in [3.8, 4) is 11.1 Å². The fourth-order valence-corrected chi connectivity index (χ4v) is 2.40. The van der Waals surface area contributed by atoms with E-state index in [0.29, 0.717) is 6.04 Å². The lowest BCUT2D eigenvalue weighted by molar-refractivity contribution is 0.343. The molecule has 0 aliphatic carbocycles. The number of hydrogen-bond acceptors (Lipinski definition) is 2. The van der Waals surface area contributed by atoms with Gasteiger partial charge in [0.2, 0.25) is 0 Å². The summed E-state index contributed by atoms with van der Waals surface area (Å²) in [5.41, 5.74) is 2.06. The van der Waals surface area contributed by atoms with E-state index in [-0.39, 0.29) is 13.2 Å². The van der Waals surface area contributed by atoms with Crippen molar-refractivity contribution < 1.29 is 4.39 Å². The number of rotatable bonds is 2. The second-order valence-electron chi connectivity index (χ2n) is 4.70. The van der Waals surface area contributed by atoms with E-state index in [0.717, 1.165) is 37.1 Å². The van der Waals surface area contributed by atoms with Crippen LogP contribution in [0.5, 0.6) is 0 Å². The van der Waals surface area contributed by atoms with Gasteiger partial charge in [0.05, 0.1) is 12.2 Å². The first kappa shape index (κ1) is 13.7. The van der Waals surface area contributed by atoms with Crippen molar-refractivity contribution >= 4 is 0 Å². The molecule has 0 bridgehead atoms. The molecule has 2 aromatic rings. The second kappa shape index (κ2) is 5.97. The highest BCUT2D eigenvalue weighted by atomic mass is 19.1. The third-order valence-corrected chi connectivity index (χ3v) is 3.46. The SMILES string of the molecule is C.Fc1ccc(-c2cnn(C3CCNCC3)c2)cc1. The maximum atomic E-state index is 12.9. The van der Waals surface area contributed by atoms with Crippen molar-refractivity contribution in [2.45, 2.75) is 26.3 Å². The lowest BCUT2D eigenvalue weighted by atomic mass is 10.1. The molecule has 1 aliphatic heterocycles. The smallest absolute Gasteiger partial charge is 0.123 e. The molecule has 2 heterocycles. The number of piperidine rings is 1. The first-order valence-corrected chi connectivity index (χ1v) is 6.34. The van der Waals surface area contributed by atoms with Gasteiger partial charge >= 0.3 is 0 Å². The van der Waals surface area contributed by atoms with Gasteiger partial charge < -0.3 is 5.32 Å². The molecule has 3 rings (SSSR count). The van der Waals surface area contributed by atoms with Crippen LogP contribution in [-0.2, 0) is 0 Å². The van der Waals surface area contributed by atoms with Crippen LogP contribution in [0.4, 0.5) is 4.39 Å². The molecule has 1 aliphatic rings. The van der Waals surface area contributed by atoms with Crippen molar-refractivity contribution in [2.75, 3.05) is 13.1 Å². The Labute approximate surface area is 113 Å². The van der Waals surface area contributed by atoms with Gasteiger partial charge in [-0.2, -0.15) is 5.10 Å². The van der Waals surface area contributed by atoms with E-state index >= 15 is 0 Å². The summed E-state index contributed by atoms with van der Waals surface area (Å²) in [7, 11) is 0. The molecule has 102 valence electrons. The van der Waals surface area contributed by atoms with Crippen molar-refractivity contribution in [1.29, 1.82) is 0 Å². The minimum absolute atomic E-state index is 0. The van der Waals surface area contributed by atoms with Gasteiger partial charge in [0.15, 0.2) is 0 Å². The van der Waals surface area contributed by atoms with Crippen LogP contribution in [0.25, 0.3) is 11.1 Å². The summed E-state index contributed by atoms with van der Waals surface area (Å²) in [6.07, 6.45) is 6.15. The van der Waals surface area contributed by atoms with Crippen LogP contribution in [0.2, 0.25) is 0 Å². The maximum Gasteiger partial charge on any atom is 0.123 e. The van der Waals surface area contributed by atoms with E-state index in [1.54, 1.807) is 12.1 Å². The molecular formula is C15H20FN3. The van der Waals surface area contributed by atoms with Crippen molar-refractivity contribution in [2.24, 2.45) is 0 Å². The van der Waals surface area contributed by atoms with Crippen LogP contribution in [0.15, 0.2) is 36.7 Å². The Hall–Kier alpha value is -1.68. The summed E-state index contributed by atoms with van der Waals surface area (Å²) in [5, 5.41) is 7.78. The molecular weight excluding hydrogens is 241 g/mol. The Morgan fingerprint density at radius 1 is 1.11 bits per heavy atom. The Balaban J connectivity index is 0.00000133. The molecule has 1 fully saturated rings. The van der Waals surface area contributed by atoms with E-state index in [1.165, 1.54) is 12.1 Å². The minimum atomic E-state index is -0.204. The average molecular weight is 261 g/mol. The monoisotopic (exact) mass is 261 g/mol. The van der Waals surface area contributed by atoms with Crippen molar-refractivity contribution in [3.63, 3.8) is 0 Å². The van der Waals surface area contributed by atoms with E-state index in [2.05, 4.69) is 16.6 Å². The van der Waals surface area contributed by atoms with Gasteiger partial charge in [0.25, 0.3) is 0 Å². The zero-order valence-corrected chi connectivity index (χ0v) is 10.1. The van der Waals surface area contributed by atoms with Gasteiger partial charge in [-0.25, -0.2) is 4.39 Å². The number of hydrogen-bond donors (Lipinski definition) is 1. The topological polar surface area (TPSA) is 29.9 Å². The van der Waals surface area contributed by atoms with Crippen LogP contribution in [0, 0.1) is 5.82 Å². The molecule has 19 heavy (non-hydrogen) atoms. The summed E-state index contributed by atoms with van der Waals surface area (Å²) in [6.45, 7) is 2.10. The first-order valence-electron chi connectivity index (χ1n) is 6.34. The molecule has 0 amide bonds. The summed E-state index contributed by atoms with van der Waals surface area (Å²) < 4.78 is 14.9. The largest absolute Gasteiger partial charge is 0.317 e. The van der Waals surface area contributed by atoms with Crippen LogP contribution in [0.3, 0.4) is 0 Å². The molecule has 1 aromatic heterocycles. The maximum absolute atomic E-state index is 12.9. The quantitative estimate of drug-likeness (QED) is 0.899. The van der Waals surface area contributed by atoms with E-state index < -0.39 is 0 Å². The van der Waals surface area contributed by atoms with E-state index in [1.807, 2.05) is 10.9 Å². The Morgan fingerprint density at radius 3 is 2.47 bits per heavy atom. The molecule has 1 N–H and O–H groups in total. The summed E-state index contributed by atoms with van der Waals surface area (Å²) in [4.78, 5) is 0. The second-order valence-corrected chi connectivity index (χ2v) is 4.70. The molecule has 3 nitrogen and oxygen atoms in total. The zero-order chi connectivity index (χ0) is 12.4. The Kier molecular flexibility index (Phi) is 4.32. The predicted molar refractivity (Wildman–Crippen MR) is 75.5 cm³/mol. The van der Waals surface area contributed by atoms with Gasteiger partial charge in [0.1, 0.15) is 5.82 Å². The highest BCUT2D eigenvalue weighted by Crippen LogP contribution is 2.23. The van der Waals surface area contributed by atoms with E-state index in [4.69, 9.17) is 0 Å². The fraction of sp³-hybridized carbons (Fsp3) is 0.400. The van der Waals surface area contributed by atoms with Gasteiger partial charge in [-0.1, -0.05) is 19.6 Å². The Morgan fingerprint density at radius 2 is 1.79 bits per heavy atom. The van der Waals surface area contributed by atoms with Gasteiger partial charge in [-0.15, -0.1) is 0 Å². The third-order valence-electron chi connectivity index (χ3n) is 3.46. The molecule has 0 unspecified atom stereocenters. The lowest BCUT2D eigenvalue weighted by Crippen LogP contribution is -2.29.